The number of anilines is 2. The van der Waals surface area contributed by atoms with Gasteiger partial charge in [0.2, 0.25) is 0 Å². The number of aromatic nitrogens is 1. The Morgan fingerprint density at radius 3 is 2.33 bits per heavy atom. The molecule has 0 saturated heterocycles. The Kier molecular flexibility index (Phi) is 5.15. The van der Waals surface area contributed by atoms with Crippen LogP contribution in [0.3, 0.4) is 0 Å². The second-order valence-corrected chi connectivity index (χ2v) is 6.76. The molecule has 27 heavy (non-hydrogen) atoms. The molecule has 1 amide bonds. The minimum atomic E-state index is 0.0368. The van der Waals surface area contributed by atoms with Crippen LogP contribution in [0.2, 0.25) is 0 Å². The van der Waals surface area contributed by atoms with Crippen LogP contribution in [0.15, 0.2) is 79.1 Å². The molecule has 3 aromatic rings. The van der Waals surface area contributed by atoms with Crippen molar-refractivity contribution >= 4 is 17.3 Å². The number of amides is 1. The van der Waals surface area contributed by atoms with Crippen molar-refractivity contribution in [3.63, 3.8) is 0 Å². The number of rotatable bonds is 4. The van der Waals surface area contributed by atoms with Crippen molar-refractivity contribution in [3.05, 3.63) is 90.3 Å². The number of hydrogen-bond donors (Lipinski definition) is 0. The zero-order chi connectivity index (χ0) is 18.5. The smallest absolute Gasteiger partial charge is 0.258 e. The lowest BCUT2D eigenvalue weighted by Gasteiger charge is -2.27. The van der Waals surface area contributed by atoms with E-state index >= 15 is 0 Å². The number of pyridine rings is 1. The molecule has 1 aliphatic heterocycles. The number of carbonyl (C=O) groups is 1. The highest BCUT2D eigenvalue weighted by molar-refractivity contribution is 6.07. The lowest BCUT2D eigenvalue weighted by atomic mass is 10.1. The molecule has 2 heterocycles. The van der Waals surface area contributed by atoms with E-state index in [9.17, 15) is 4.79 Å². The summed E-state index contributed by atoms with van der Waals surface area (Å²) in [5.41, 5.74) is 4.14. The number of para-hydroxylation sites is 2. The molecule has 1 aliphatic rings. The molecule has 0 atom stereocenters. The van der Waals surface area contributed by atoms with Crippen LogP contribution >= 0.6 is 0 Å². The van der Waals surface area contributed by atoms with Gasteiger partial charge in [-0.15, -0.1) is 0 Å². The standard InChI is InChI=1S/C23H23N3O/c27-23(20-11-14-24-15-12-20)26-17-6-16-25(21-9-4-5-10-22(21)26)18-13-19-7-2-1-3-8-19/h1-5,7-12,14-15H,6,13,16-18H2. The van der Waals surface area contributed by atoms with Gasteiger partial charge in [0.05, 0.1) is 11.4 Å². The number of hydrogen-bond acceptors (Lipinski definition) is 3. The number of fused-ring (bicyclic) bond motifs is 1. The molecule has 0 unspecified atom stereocenters. The summed E-state index contributed by atoms with van der Waals surface area (Å²) in [5.74, 6) is 0.0368. The molecule has 4 heteroatoms. The summed E-state index contributed by atoms with van der Waals surface area (Å²) in [6, 6.07) is 22.3. The van der Waals surface area contributed by atoms with Gasteiger partial charge in [0.25, 0.3) is 5.91 Å². The van der Waals surface area contributed by atoms with Crippen LogP contribution in [0.4, 0.5) is 11.4 Å². The number of nitrogens with zero attached hydrogens (tertiary/aromatic N) is 3. The summed E-state index contributed by atoms with van der Waals surface area (Å²) in [7, 11) is 0. The Bertz CT molecular complexity index is 896. The average Bonchev–Trinajstić information content (AvgIpc) is 2.93. The summed E-state index contributed by atoms with van der Waals surface area (Å²) >= 11 is 0. The van der Waals surface area contributed by atoms with Gasteiger partial charge in [0, 0.05) is 37.6 Å². The minimum Gasteiger partial charge on any atom is -0.369 e. The number of carbonyl (C=O) groups excluding carboxylic acids is 1. The number of benzene rings is 2. The van der Waals surface area contributed by atoms with Gasteiger partial charge >= 0.3 is 0 Å². The Labute approximate surface area is 160 Å². The summed E-state index contributed by atoms with van der Waals surface area (Å²) in [6.07, 6.45) is 5.28. The van der Waals surface area contributed by atoms with Gasteiger partial charge in [0.1, 0.15) is 0 Å². The molecule has 0 saturated carbocycles. The maximum Gasteiger partial charge on any atom is 0.258 e. The quantitative estimate of drug-likeness (QED) is 0.703. The lowest BCUT2D eigenvalue weighted by Crippen LogP contribution is -2.31. The van der Waals surface area contributed by atoms with Crippen LogP contribution in [0.1, 0.15) is 22.3 Å². The predicted octanol–water partition coefficient (Wildman–Crippen LogP) is 4.18. The first-order valence-corrected chi connectivity index (χ1v) is 9.43. The molecule has 136 valence electrons. The zero-order valence-corrected chi connectivity index (χ0v) is 15.3. The fraction of sp³-hybridized carbons (Fsp3) is 0.217. The van der Waals surface area contributed by atoms with E-state index in [4.69, 9.17) is 0 Å². The van der Waals surface area contributed by atoms with Crippen LogP contribution < -0.4 is 9.80 Å². The molecule has 0 spiro atoms. The van der Waals surface area contributed by atoms with E-state index in [1.54, 1.807) is 24.5 Å². The molecule has 0 fully saturated rings. The first-order valence-electron chi connectivity index (χ1n) is 9.43. The van der Waals surface area contributed by atoms with E-state index in [0.717, 1.165) is 43.9 Å². The fourth-order valence-corrected chi connectivity index (χ4v) is 3.62. The maximum absolute atomic E-state index is 13.1. The van der Waals surface area contributed by atoms with Crippen molar-refractivity contribution in [2.45, 2.75) is 12.8 Å². The molecule has 2 aromatic carbocycles. The Hall–Kier alpha value is -3.14. The van der Waals surface area contributed by atoms with E-state index in [1.165, 1.54) is 5.56 Å². The third-order valence-electron chi connectivity index (χ3n) is 5.01. The third kappa shape index (κ3) is 3.85. The van der Waals surface area contributed by atoms with Crippen LogP contribution in [0.5, 0.6) is 0 Å². The Morgan fingerprint density at radius 1 is 0.852 bits per heavy atom. The molecule has 1 aromatic heterocycles. The summed E-state index contributed by atoms with van der Waals surface area (Å²) in [5, 5.41) is 0. The molecular formula is C23H23N3O. The van der Waals surface area contributed by atoms with Gasteiger partial charge in [-0.2, -0.15) is 0 Å². The SMILES string of the molecule is O=C(c1ccncc1)N1CCCN(CCc2ccccc2)c2ccccc21. The third-order valence-corrected chi connectivity index (χ3v) is 5.01. The van der Waals surface area contributed by atoms with Crippen LogP contribution in [0, 0.1) is 0 Å². The first kappa shape index (κ1) is 17.3. The summed E-state index contributed by atoms with van der Waals surface area (Å²) in [6.45, 7) is 2.61. The predicted molar refractivity (Wildman–Crippen MR) is 109 cm³/mol. The fourth-order valence-electron chi connectivity index (χ4n) is 3.62. The van der Waals surface area contributed by atoms with Crippen LogP contribution in [0.25, 0.3) is 0 Å². The zero-order valence-electron chi connectivity index (χ0n) is 15.3. The van der Waals surface area contributed by atoms with E-state index in [2.05, 4.69) is 52.3 Å². The van der Waals surface area contributed by atoms with Crippen molar-refractivity contribution in [1.82, 2.24) is 4.98 Å². The largest absolute Gasteiger partial charge is 0.369 e. The topological polar surface area (TPSA) is 36.4 Å². The molecular weight excluding hydrogens is 334 g/mol. The van der Waals surface area contributed by atoms with Gasteiger partial charge in [-0.25, -0.2) is 0 Å². The molecule has 0 N–H and O–H groups in total. The average molecular weight is 357 g/mol. The minimum absolute atomic E-state index is 0.0368. The van der Waals surface area contributed by atoms with Crippen molar-refractivity contribution in [2.24, 2.45) is 0 Å². The molecule has 0 bridgehead atoms. The van der Waals surface area contributed by atoms with Crippen molar-refractivity contribution in [3.8, 4) is 0 Å². The lowest BCUT2D eigenvalue weighted by molar-refractivity contribution is 0.0987. The van der Waals surface area contributed by atoms with Gasteiger partial charge in [0.15, 0.2) is 0 Å². The second kappa shape index (κ2) is 8.04. The van der Waals surface area contributed by atoms with Gasteiger partial charge in [-0.3, -0.25) is 9.78 Å². The van der Waals surface area contributed by atoms with E-state index in [1.807, 2.05) is 17.0 Å². The molecule has 0 radical (unpaired) electrons. The summed E-state index contributed by atoms with van der Waals surface area (Å²) < 4.78 is 0. The maximum atomic E-state index is 13.1. The molecule has 4 rings (SSSR count). The highest BCUT2D eigenvalue weighted by Crippen LogP contribution is 2.33. The monoisotopic (exact) mass is 357 g/mol. The van der Waals surface area contributed by atoms with Gasteiger partial charge in [-0.05, 0) is 42.7 Å². The van der Waals surface area contributed by atoms with Crippen molar-refractivity contribution < 1.29 is 4.79 Å². The van der Waals surface area contributed by atoms with Crippen molar-refractivity contribution in [1.29, 1.82) is 0 Å². The van der Waals surface area contributed by atoms with E-state index < -0.39 is 0 Å². The second-order valence-electron chi connectivity index (χ2n) is 6.76. The van der Waals surface area contributed by atoms with Gasteiger partial charge < -0.3 is 9.80 Å². The van der Waals surface area contributed by atoms with E-state index in [-0.39, 0.29) is 5.91 Å². The van der Waals surface area contributed by atoms with Crippen LogP contribution in [-0.2, 0) is 6.42 Å². The van der Waals surface area contributed by atoms with Gasteiger partial charge in [-0.1, -0.05) is 42.5 Å². The highest BCUT2D eigenvalue weighted by atomic mass is 16.2. The van der Waals surface area contributed by atoms with Crippen molar-refractivity contribution in [2.75, 3.05) is 29.4 Å². The molecule has 4 nitrogen and oxygen atoms in total. The van der Waals surface area contributed by atoms with Crippen LogP contribution in [-0.4, -0.2) is 30.5 Å². The molecule has 0 aliphatic carbocycles. The Morgan fingerprint density at radius 2 is 1.56 bits per heavy atom. The normalized spacial score (nSPS) is 13.8. The Balaban J connectivity index is 1.59. The summed E-state index contributed by atoms with van der Waals surface area (Å²) in [4.78, 5) is 21.4. The van der Waals surface area contributed by atoms with E-state index in [0.29, 0.717) is 5.56 Å². The first-order chi connectivity index (χ1) is 13.3. The highest BCUT2D eigenvalue weighted by Gasteiger charge is 2.25.